The van der Waals surface area contributed by atoms with Gasteiger partial charge in [-0.05, 0) is 13.8 Å². The summed E-state index contributed by atoms with van der Waals surface area (Å²) < 4.78 is 12.9. The van der Waals surface area contributed by atoms with Crippen molar-refractivity contribution < 1.29 is 23.9 Å². The minimum Gasteiger partial charge on any atom is -0.547 e. The first-order valence-corrected chi connectivity index (χ1v) is 5.52. The van der Waals surface area contributed by atoms with Crippen molar-refractivity contribution >= 4 is 6.16 Å². The molecule has 1 aromatic rings. The van der Waals surface area contributed by atoms with Crippen LogP contribution in [-0.2, 0) is 23.1 Å². The molecule has 6 heteroatoms. The summed E-state index contributed by atoms with van der Waals surface area (Å²) in [5, 5.41) is 9.57. The highest BCUT2D eigenvalue weighted by atomic mass is 16.7. The standard InChI is InChI=1S/C6H11N2.C5H10O4/c1-3-8-5-4-7(2)6-8;1-2-8-3-4-9-5(6)7/h4-6H,3H2,1-2H3;2-4H2,1H3,(H,6,7)/q+1;/p-1. The van der Waals surface area contributed by atoms with Crippen molar-refractivity contribution in [2.24, 2.45) is 7.05 Å². The number of ether oxygens (including phenoxy) is 2. The van der Waals surface area contributed by atoms with E-state index >= 15 is 0 Å². The van der Waals surface area contributed by atoms with Crippen LogP contribution in [0.2, 0.25) is 0 Å². The number of carbonyl (C=O) groups excluding carboxylic acids is 1. The van der Waals surface area contributed by atoms with Crippen LogP contribution in [0.1, 0.15) is 13.8 Å². The van der Waals surface area contributed by atoms with E-state index in [0.717, 1.165) is 6.54 Å². The maximum absolute atomic E-state index is 9.57. The molecule has 0 unspecified atom stereocenters. The molecule has 0 amide bonds. The number of nitrogens with zero attached hydrogens (tertiary/aromatic N) is 2. The third-order valence-electron chi connectivity index (χ3n) is 1.84. The van der Waals surface area contributed by atoms with E-state index in [-0.39, 0.29) is 6.61 Å². The number of imidazole rings is 1. The fraction of sp³-hybridized carbons (Fsp3) is 0.636. The topological polar surface area (TPSA) is 67.4 Å². The summed E-state index contributed by atoms with van der Waals surface area (Å²) in [7, 11) is 2.02. The van der Waals surface area contributed by atoms with Gasteiger partial charge >= 0.3 is 0 Å². The molecule has 98 valence electrons. The molecule has 0 saturated heterocycles. The lowest BCUT2D eigenvalue weighted by atomic mass is 10.7. The Bertz CT molecular complexity index is 312. The number of hydrogen-bond donors (Lipinski definition) is 0. The lowest BCUT2D eigenvalue weighted by Gasteiger charge is -2.06. The van der Waals surface area contributed by atoms with E-state index in [1.54, 1.807) is 0 Å². The van der Waals surface area contributed by atoms with Crippen LogP contribution in [0.3, 0.4) is 0 Å². The molecule has 0 radical (unpaired) electrons. The summed E-state index contributed by atoms with van der Waals surface area (Å²) in [6, 6.07) is 0. The quantitative estimate of drug-likeness (QED) is 0.406. The Morgan fingerprint density at radius 2 is 2.12 bits per heavy atom. The average Bonchev–Trinajstić information content (AvgIpc) is 2.71. The molecule has 1 rings (SSSR count). The Hall–Kier alpha value is -1.56. The zero-order chi connectivity index (χ0) is 13.1. The van der Waals surface area contributed by atoms with Crippen molar-refractivity contribution in [3.63, 3.8) is 0 Å². The number of rotatable bonds is 5. The Labute approximate surface area is 101 Å². The van der Waals surface area contributed by atoms with Gasteiger partial charge in [0.2, 0.25) is 6.33 Å². The Balaban J connectivity index is 0.000000302. The van der Waals surface area contributed by atoms with E-state index in [9.17, 15) is 9.90 Å². The first-order valence-electron chi connectivity index (χ1n) is 5.52. The maximum Gasteiger partial charge on any atom is 0.252 e. The molecule has 0 bridgehead atoms. The zero-order valence-corrected chi connectivity index (χ0v) is 10.6. The molecule has 0 N–H and O–H groups in total. The molecule has 0 atom stereocenters. The molecule has 0 fully saturated rings. The monoisotopic (exact) mass is 244 g/mol. The normalized spacial score (nSPS) is 9.35. The van der Waals surface area contributed by atoms with Crippen LogP contribution >= 0.6 is 0 Å². The average molecular weight is 244 g/mol. The third kappa shape index (κ3) is 9.37. The van der Waals surface area contributed by atoms with E-state index in [2.05, 4.69) is 28.8 Å². The van der Waals surface area contributed by atoms with Crippen molar-refractivity contribution in [3.8, 4) is 0 Å². The fourth-order valence-electron chi connectivity index (χ4n) is 1.02. The minimum atomic E-state index is -1.50. The van der Waals surface area contributed by atoms with Gasteiger partial charge in [-0.2, -0.15) is 0 Å². The molecular formula is C11H20N2O4. The highest BCUT2D eigenvalue weighted by Gasteiger charge is 1.92. The summed E-state index contributed by atoms with van der Waals surface area (Å²) in [6.07, 6.45) is 4.64. The fourth-order valence-corrected chi connectivity index (χ4v) is 1.02. The SMILES string of the molecule is CCOCCOC(=O)[O-].CCn1cc[n+](C)c1. The van der Waals surface area contributed by atoms with Crippen LogP contribution in [0.25, 0.3) is 0 Å². The number of aromatic nitrogens is 2. The molecule has 0 aliphatic rings. The lowest BCUT2D eigenvalue weighted by molar-refractivity contribution is -0.671. The van der Waals surface area contributed by atoms with Crippen molar-refractivity contribution in [2.75, 3.05) is 19.8 Å². The molecule has 6 nitrogen and oxygen atoms in total. The van der Waals surface area contributed by atoms with Gasteiger partial charge in [0, 0.05) is 6.61 Å². The van der Waals surface area contributed by atoms with Gasteiger partial charge in [0.05, 0.1) is 26.8 Å². The highest BCUT2D eigenvalue weighted by molar-refractivity contribution is 5.53. The van der Waals surface area contributed by atoms with Crippen LogP contribution in [0.15, 0.2) is 18.7 Å². The maximum atomic E-state index is 9.57. The summed E-state index contributed by atoms with van der Waals surface area (Å²) >= 11 is 0. The van der Waals surface area contributed by atoms with E-state index in [1.807, 2.05) is 24.7 Å². The minimum absolute atomic E-state index is 0.0518. The smallest absolute Gasteiger partial charge is 0.252 e. The Kier molecular flexibility index (Phi) is 8.77. The Morgan fingerprint density at radius 1 is 1.41 bits per heavy atom. The van der Waals surface area contributed by atoms with Gasteiger partial charge < -0.3 is 19.4 Å². The molecule has 1 heterocycles. The molecular weight excluding hydrogens is 224 g/mol. The molecule has 1 aromatic heterocycles. The van der Waals surface area contributed by atoms with Gasteiger partial charge in [-0.25, -0.2) is 9.13 Å². The van der Waals surface area contributed by atoms with Crippen molar-refractivity contribution in [2.45, 2.75) is 20.4 Å². The molecule has 0 aliphatic heterocycles. The largest absolute Gasteiger partial charge is 0.547 e. The first kappa shape index (κ1) is 15.4. The van der Waals surface area contributed by atoms with Gasteiger partial charge in [0.1, 0.15) is 12.4 Å². The van der Waals surface area contributed by atoms with Gasteiger partial charge in [-0.3, -0.25) is 0 Å². The number of hydrogen-bond acceptors (Lipinski definition) is 4. The summed E-state index contributed by atoms with van der Waals surface area (Å²) in [4.78, 5) is 9.57. The highest BCUT2D eigenvalue weighted by Crippen LogP contribution is 1.79. The van der Waals surface area contributed by atoms with Crippen molar-refractivity contribution in [3.05, 3.63) is 18.7 Å². The Morgan fingerprint density at radius 3 is 2.47 bits per heavy atom. The van der Waals surface area contributed by atoms with E-state index < -0.39 is 6.16 Å². The molecule has 0 saturated carbocycles. The van der Waals surface area contributed by atoms with Crippen LogP contribution in [0.4, 0.5) is 4.79 Å². The molecule has 0 aromatic carbocycles. The van der Waals surface area contributed by atoms with Gasteiger partial charge in [-0.1, -0.05) is 0 Å². The number of carbonyl (C=O) groups is 1. The van der Waals surface area contributed by atoms with E-state index in [4.69, 9.17) is 4.74 Å². The van der Waals surface area contributed by atoms with Crippen LogP contribution in [-0.4, -0.2) is 30.5 Å². The van der Waals surface area contributed by atoms with Crippen LogP contribution < -0.4 is 9.67 Å². The summed E-state index contributed by atoms with van der Waals surface area (Å²) in [5.74, 6) is 0. The summed E-state index contributed by atoms with van der Waals surface area (Å²) in [6.45, 7) is 5.91. The predicted octanol–water partition coefficient (Wildman–Crippen LogP) is -0.285. The van der Waals surface area contributed by atoms with E-state index in [0.29, 0.717) is 13.2 Å². The van der Waals surface area contributed by atoms with Crippen molar-refractivity contribution in [1.29, 1.82) is 0 Å². The second kappa shape index (κ2) is 9.65. The summed E-state index contributed by atoms with van der Waals surface area (Å²) in [5.41, 5.74) is 0. The lowest BCUT2D eigenvalue weighted by Crippen LogP contribution is -2.25. The van der Waals surface area contributed by atoms with Gasteiger partial charge in [-0.15, -0.1) is 0 Å². The van der Waals surface area contributed by atoms with Gasteiger partial charge in [0.25, 0.3) is 6.16 Å². The second-order valence-corrected chi connectivity index (χ2v) is 3.20. The van der Waals surface area contributed by atoms with Crippen LogP contribution in [0, 0.1) is 0 Å². The number of carboxylic acid groups (broad SMARTS) is 1. The first-order chi connectivity index (χ1) is 8.10. The predicted molar refractivity (Wildman–Crippen MR) is 59.1 cm³/mol. The van der Waals surface area contributed by atoms with Gasteiger partial charge in [0.15, 0.2) is 0 Å². The third-order valence-corrected chi connectivity index (χ3v) is 1.84. The molecule has 0 aliphatic carbocycles. The molecule has 17 heavy (non-hydrogen) atoms. The second-order valence-electron chi connectivity index (χ2n) is 3.20. The van der Waals surface area contributed by atoms with Crippen molar-refractivity contribution in [1.82, 2.24) is 4.57 Å². The van der Waals surface area contributed by atoms with E-state index in [1.165, 1.54) is 0 Å². The molecule has 0 spiro atoms. The van der Waals surface area contributed by atoms with Crippen LogP contribution in [0.5, 0.6) is 0 Å². The zero-order valence-electron chi connectivity index (χ0n) is 10.6. The number of aryl methyl sites for hydroxylation is 2.